The van der Waals surface area contributed by atoms with Crippen LogP contribution in [0.4, 0.5) is 0 Å². The summed E-state index contributed by atoms with van der Waals surface area (Å²) in [6, 6.07) is 3.70. The summed E-state index contributed by atoms with van der Waals surface area (Å²) in [5, 5.41) is 7.52. The normalized spacial score (nSPS) is 11.2. The monoisotopic (exact) mass is 446 g/mol. The Morgan fingerprint density at radius 3 is 1.96 bits per heavy atom. The molecule has 0 fully saturated rings. The lowest BCUT2D eigenvalue weighted by molar-refractivity contribution is -0.116. The maximum atomic E-state index is 12.3. The number of Topliss-reactive ketones (excluding diaryl/α,β-unsaturated/α-hetero) is 1. The Morgan fingerprint density at radius 2 is 1.50 bits per heavy atom. The van der Waals surface area contributed by atoms with E-state index in [0.29, 0.717) is 9.98 Å². The molecule has 0 amide bonds. The summed E-state index contributed by atoms with van der Waals surface area (Å²) in [5.74, 6) is -1.24. The molecule has 0 saturated carbocycles. The first kappa shape index (κ1) is 21.1. The van der Waals surface area contributed by atoms with E-state index in [-0.39, 0.29) is 12.4 Å². The molecule has 0 atom stereocenters. The Kier molecular flexibility index (Phi) is 7.42. The van der Waals surface area contributed by atoms with Gasteiger partial charge >= 0.3 is 0 Å². The number of thiophene rings is 2. The van der Waals surface area contributed by atoms with Crippen LogP contribution >= 0.6 is 47.1 Å². The Bertz CT molecular complexity index is 873. The predicted molar refractivity (Wildman–Crippen MR) is 116 cm³/mol. The van der Waals surface area contributed by atoms with Crippen LogP contribution in [-0.4, -0.2) is 66.2 Å². The van der Waals surface area contributed by atoms with E-state index in [1.54, 1.807) is 19.0 Å². The van der Waals surface area contributed by atoms with Crippen LogP contribution in [0.5, 0.6) is 0 Å². The molecule has 2 aromatic rings. The molecular formula is C16H18N2O3S5. The predicted octanol–water partition coefficient (Wildman–Crippen LogP) is 2.67. The van der Waals surface area contributed by atoms with E-state index in [4.69, 9.17) is 24.4 Å². The lowest BCUT2D eigenvalue weighted by Crippen LogP contribution is -2.37. The van der Waals surface area contributed by atoms with Gasteiger partial charge in [0, 0.05) is 36.0 Å². The van der Waals surface area contributed by atoms with E-state index in [0.717, 1.165) is 11.1 Å². The lowest BCUT2D eigenvalue weighted by atomic mass is 10.3. The number of likely N-dealkylation sites (N-methyl/N-ethyl adjacent to an activating group) is 1. The number of hydrogen-bond acceptors (Lipinski definition) is 7. The summed E-state index contributed by atoms with van der Waals surface area (Å²) in [6.45, 7) is -0.0490. The summed E-state index contributed by atoms with van der Waals surface area (Å²) < 4.78 is 24.7. The Balaban J connectivity index is 1.90. The summed E-state index contributed by atoms with van der Waals surface area (Å²) in [4.78, 5) is 16.2. The molecule has 0 aliphatic carbocycles. The fourth-order valence-electron chi connectivity index (χ4n) is 2.24. The van der Waals surface area contributed by atoms with Gasteiger partial charge in [-0.05, 0) is 22.9 Å². The van der Waals surface area contributed by atoms with E-state index in [1.165, 1.54) is 27.6 Å². The Morgan fingerprint density at radius 1 is 1.00 bits per heavy atom. The molecule has 0 aliphatic rings. The smallest absolute Gasteiger partial charge is 0.175 e. The summed E-state index contributed by atoms with van der Waals surface area (Å²) in [6.07, 6.45) is 0. The largest absolute Gasteiger partial charge is 0.358 e. The third-order valence-electron chi connectivity index (χ3n) is 3.41. The van der Waals surface area contributed by atoms with Crippen LogP contribution in [0.15, 0.2) is 33.7 Å². The van der Waals surface area contributed by atoms with Crippen LogP contribution in [0.25, 0.3) is 0 Å². The van der Waals surface area contributed by atoms with Gasteiger partial charge in [0.1, 0.15) is 21.6 Å². The maximum Gasteiger partial charge on any atom is 0.175 e. The van der Waals surface area contributed by atoms with Crippen molar-refractivity contribution in [1.82, 2.24) is 9.80 Å². The van der Waals surface area contributed by atoms with Crippen molar-refractivity contribution in [2.75, 3.05) is 32.3 Å². The van der Waals surface area contributed by atoms with Gasteiger partial charge < -0.3 is 9.80 Å². The van der Waals surface area contributed by atoms with Crippen molar-refractivity contribution < 1.29 is 13.2 Å². The number of rotatable bonds is 8. The van der Waals surface area contributed by atoms with Crippen LogP contribution in [0.1, 0.15) is 11.1 Å². The molecule has 140 valence electrons. The van der Waals surface area contributed by atoms with Crippen molar-refractivity contribution in [3.63, 3.8) is 0 Å². The molecule has 10 heteroatoms. The highest BCUT2D eigenvalue weighted by Crippen LogP contribution is 2.12. The second-order valence-electron chi connectivity index (χ2n) is 5.74. The molecule has 0 aromatic carbocycles. The molecule has 0 aliphatic heterocycles. The minimum atomic E-state index is -3.62. The van der Waals surface area contributed by atoms with Crippen molar-refractivity contribution >= 4 is 72.7 Å². The average molecular weight is 447 g/mol. The second-order valence-corrected chi connectivity index (χ2v) is 10.1. The highest BCUT2D eigenvalue weighted by molar-refractivity contribution is 7.92. The molecule has 0 spiro atoms. The van der Waals surface area contributed by atoms with Crippen LogP contribution in [0.3, 0.4) is 0 Å². The molecule has 0 saturated heterocycles. The minimum Gasteiger partial charge on any atom is -0.358 e. The van der Waals surface area contributed by atoms with Crippen LogP contribution in [0, 0.1) is 0 Å². The van der Waals surface area contributed by atoms with Gasteiger partial charge in [-0.2, -0.15) is 22.7 Å². The van der Waals surface area contributed by atoms with Crippen molar-refractivity contribution in [3.05, 3.63) is 44.8 Å². The first-order valence-corrected chi connectivity index (χ1v) is 12.0. The van der Waals surface area contributed by atoms with Gasteiger partial charge in [0.05, 0.1) is 6.54 Å². The standard InChI is InChI=1S/C16H18N2O3S5/c1-17(15(22)12-3-5-24-8-12)7-14(19)10-26(20,21)11-18(2)16(23)13-4-6-25-9-13/h3-6,8-9H,7,10-11H2,1-2H3. The van der Waals surface area contributed by atoms with Gasteiger partial charge in [0.2, 0.25) is 0 Å². The van der Waals surface area contributed by atoms with E-state index in [1.807, 2.05) is 33.7 Å². The van der Waals surface area contributed by atoms with E-state index >= 15 is 0 Å². The summed E-state index contributed by atoms with van der Waals surface area (Å²) >= 11 is 13.6. The zero-order valence-corrected chi connectivity index (χ0v) is 18.3. The number of ketones is 1. The zero-order chi connectivity index (χ0) is 19.3. The van der Waals surface area contributed by atoms with Gasteiger partial charge in [-0.25, -0.2) is 8.42 Å². The molecule has 2 aromatic heterocycles. The highest BCUT2D eigenvalue weighted by Gasteiger charge is 2.22. The fraction of sp³-hybridized carbons (Fsp3) is 0.312. The lowest BCUT2D eigenvalue weighted by Gasteiger charge is -2.21. The fourth-order valence-corrected chi connectivity index (χ4v) is 5.53. The molecule has 2 heterocycles. The molecule has 0 N–H and O–H groups in total. The van der Waals surface area contributed by atoms with E-state index in [2.05, 4.69) is 0 Å². The van der Waals surface area contributed by atoms with Gasteiger partial charge in [-0.3, -0.25) is 4.79 Å². The number of thiocarbonyl (C=S) groups is 2. The second kappa shape index (κ2) is 9.14. The molecular weight excluding hydrogens is 429 g/mol. The van der Waals surface area contributed by atoms with E-state index in [9.17, 15) is 13.2 Å². The van der Waals surface area contributed by atoms with Gasteiger partial charge in [0.15, 0.2) is 15.6 Å². The Hall–Kier alpha value is -1.20. The van der Waals surface area contributed by atoms with Crippen molar-refractivity contribution in [3.8, 4) is 0 Å². The first-order valence-electron chi connectivity index (χ1n) is 7.47. The Labute approximate surface area is 172 Å². The van der Waals surface area contributed by atoms with Crippen molar-refractivity contribution in [2.24, 2.45) is 0 Å². The van der Waals surface area contributed by atoms with Gasteiger partial charge in [-0.15, -0.1) is 0 Å². The summed E-state index contributed by atoms with van der Waals surface area (Å²) in [7, 11) is -0.323. The number of nitrogens with zero attached hydrogens (tertiary/aromatic N) is 2. The van der Waals surface area contributed by atoms with Gasteiger partial charge in [0.25, 0.3) is 0 Å². The van der Waals surface area contributed by atoms with Crippen molar-refractivity contribution in [2.45, 2.75) is 0 Å². The number of hydrogen-bond donors (Lipinski definition) is 0. The number of sulfone groups is 1. The summed E-state index contributed by atoms with van der Waals surface area (Å²) in [5.41, 5.74) is 1.65. The average Bonchev–Trinajstić information content (AvgIpc) is 3.25. The number of carbonyl (C=O) groups is 1. The molecule has 0 bridgehead atoms. The van der Waals surface area contributed by atoms with Crippen LogP contribution < -0.4 is 0 Å². The maximum absolute atomic E-state index is 12.3. The SMILES string of the molecule is CN(CC(=O)CS(=O)(=O)CN(C)C(=S)c1ccsc1)C(=S)c1ccsc1. The highest BCUT2D eigenvalue weighted by atomic mass is 32.2. The molecule has 0 radical (unpaired) electrons. The third kappa shape index (κ3) is 5.92. The van der Waals surface area contributed by atoms with Gasteiger partial charge in [-0.1, -0.05) is 24.4 Å². The zero-order valence-electron chi connectivity index (χ0n) is 14.2. The minimum absolute atomic E-state index is 0.0490. The van der Waals surface area contributed by atoms with E-state index < -0.39 is 21.4 Å². The molecule has 2 rings (SSSR count). The van der Waals surface area contributed by atoms with Crippen molar-refractivity contribution in [1.29, 1.82) is 0 Å². The molecule has 0 unspecified atom stereocenters. The molecule has 5 nitrogen and oxygen atoms in total. The van der Waals surface area contributed by atoms with Crippen LogP contribution in [0.2, 0.25) is 0 Å². The number of carbonyl (C=O) groups excluding carboxylic acids is 1. The topological polar surface area (TPSA) is 57.7 Å². The first-order chi connectivity index (χ1) is 12.2. The third-order valence-corrected chi connectivity index (χ3v) is 7.42. The van der Waals surface area contributed by atoms with Crippen LogP contribution in [-0.2, 0) is 14.6 Å². The molecule has 26 heavy (non-hydrogen) atoms. The quantitative estimate of drug-likeness (QED) is 0.578.